The minimum absolute atomic E-state index is 0.157. The number of hydrogen-bond donors (Lipinski definition) is 1. The van der Waals surface area contributed by atoms with Crippen molar-refractivity contribution in [3.8, 4) is 11.5 Å². The molecular formula is C15H18BrN3O2. The molecule has 1 aromatic heterocycles. The lowest BCUT2D eigenvalue weighted by Gasteiger charge is -2.21. The van der Waals surface area contributed by atoms with E-state index in [4.69, 9.17) is 9.47 Å². The zero-order valence-electron chi connectivity index (χ0n) is 12.1. The first kappa shape index (κ1) is 14.3. The average molecular weight is 352 g/mol. The molecule has 1 unspecified atom stereocenters. The van der Waals surface area contributed by atoms with E-state index < -0.39 is 0 Å². The molecule has 0 aliphatic carbocycles. The van der Waals surface area contributed by atoms with E-state index in [0.717, 1.165) is 33.8 Å². The van der Waals surface area contributed by atoms with Crippen LogP contribution in [0.3, 0.4) is 0 Å². The van der Waals surface area contributed by atoms with Gasteiger partial charge in [-0.15, -0.1) is 0 Å². The van der Waals surface area contributed by atoms with Gasteiger partial charge in [-0.3, -0.25) is 4.68 Å². The molecule has 21 heavy (non-hydrogen) atoms. The monoisotopic (exact) mass is 351 g/mol. The number of aryl methyl sites for hydroxylation is 1. The fourth-order valence-electron chi connectivity index (χ4n) is 2.27. The minimum atomic E-state index is 0.157. The van der Waals surface area contributed by atoms with Crippen LogP contribution in [0.25, 0.3) is 0 Å². The van der Waals surface area contributed by atoms with Crippen LogP contribution >= 0.6 is 15.9 Å². The molecule has 0 spiro atoms. The van der Waals surface area contributed by atoms with Crippen LogP contribution in [-0.2, 0) is 6.54 Å². The first-order valence-electron chi connectivity index (χ1n) is 7.05. The van der Waals surface area contributed by atoms with Crippen LogP contribution in [0.15, 0.2) is 29.0 Å². The summed E-state index contributed by atoms with van der Waals surface area (Å²) in [6.45, 7) is 6.25. The summed E-state index contributed by atoms with van der Waals surface area (Å²) in [7, 11) is 0. The maximum Gasteiger partial charge on any atom is 0.163 e. The summed E-state index contributed by atoms with van der Waals surface area (Å²) >= 11 is 3.58. The van der Waals surface area contributed by atoms with Gasteiger partial charge in [0.15, 0.2) is 11.5 Å². The van der Waals surface area contributed by atoms with Crippen LogP contribution in [0.1, 0.15) is 25.5 Å². The van der Waals surface area contributed by atoms with Gasteiger partial charge in [0.1, 0.15) is 13.2 Å². The van der Waals surface area contributed by atoms with Gasteiger partial charge in [0, 0.05) is 34.9 Å². The lowest BCUT2D eigenvalue weighted by atomic mass is 10.1. The number of hydrogen-bond acceptors (Lipinski definition) is 4. The summed E-state index contributed by atoms with van der Waals surface area (Å²) in [5, 5.41) is 7.79. The van der Waals surface area contributed by atoms with E-state index in [1.165, 1.54) is 0 Å². The van der Waals surface area contributed by atoms with E-state index in [1.54, 1.807) is 0 Å². The third-order valence-electron chi connectivity index (χ3n) is 3.48. The summed E-state index contributed by atoms with van der Waals surface area (Å²) in [5.74, 6) is 1.56. The Labute approximate surface area is 132 Å². The lowest BCUT2D eigenvalue weighted by Crippen LogP contribution is -2.16. The van der Waals surface area contributed by atoms with Crippen molar-refractivity contribution in [2.75, 3.05) is 18.5 Å². The highest BCUT2D eigenvalue weighted by molar-refractivity contribution is 9.10. The van der Waals surface area contributed by atoms with Gasteiger partial charge in [-0.05, 0) is 29.8 Å². The van der Waals surface area contributed by atoms with Gasteiger partial charge in [0.05, 0.1) is 17.9 Å². The fourth-order valence-corrected chi connectivity index (χ4v) is 2.70. The van der Waals surface area contributed by atoms with E-state index in [9.17, 15) is 0 Å². The number of benzene rings is 1. The smallest absolute Gasteiger partial charge is 0.163 e. The molecule has 0 amide bonds. The van der Waals surface area contributed by atoms with Gasteiger partial charge in [0.25, 0.3) is 0 Å². The number of nitrogens with zero attached hydrogens (tertiary/aromatic N) is 2. The third-order valence-corrected chi connectivity index (χ3v) is 4.14. The number of rotatable bonds is 4. The summed E-state index contributed by atoms with van der Waals surface area (Å²) in [6, 6.07) is 4.07. The Morgan fingerprint density at radius 3 is 2.71 bits per heavy atom. The van der Waals surface area contributed by atoms with Gasteiger partial charge in [-0.1, -0.05) is 0 Å². The second-order valence-electron chi connectivity index (χ2n) is 4.97. The van der Waals surface area contributed by atoms with E-state index in [-0.39, 0.29) is 6.04 Å². The Kier molecular flexibility index (Phi) is 4.05. The average Bonchev–Trinajstić information content (AvgIpc) is 2.97. The number of nitrogens with one attached hydrogen (secondary N) is 1. The molecule has 0 radical (unpaired) electrons. The van der Waals surface area contributed by atoms with Gasteiger partial charge in [0.2, 0.25) is 0 Å². The summed E-state index contributed by atoms with van der Waals surface area (Å²) in [6.07, 6.45) is 3.96. The molecule has 5 nitrogen and oxygen atoms in total. The normalized spacial score (nSPS) is 14.8. The Balaban J connectivity index is 1.80. The number of fused-ring (bicyclic) bond motifs is 1. The maximum atomic E-state index is 5.63. The van der Waals surface area contributed by atoms with Gasteiger partial charge in [-0.2, -0.15) is 5.10 Å². The van der Waals surface area contributed by atoms with Crippen LogP contribution in [0.5, 0.6) is 11.5 Å². The van der Waals surface area contributed by atoms with Crippen molar-refractivity contribution in [1.29, 1.82) is 0 Å². The van der Waals surface area contributed by atoms with Crippen molar-refractivity contribution in [2.24, 2.45) is 0 Å². The van der Waals surface area contributed by atoms with Crippen LogP contribution in [-0.4, -0.2) is 23.0 Å². The quantitative estimate of drug-likeness (QED) is 0.913. The molecule has 1 N–H and O–H groups in total. The Bertz CT molecular complexity index is 642. The topological polar surface area (TPSA) is 48.3 Å². The lowest BCUT2D eigenvalue weighted by molar-refractivity contribution is 0.171. The van der Waals surface area contributed by atoms with Crippen molar-refractivity contribution >= 4 is 21.6 Å². The second kappa shape index (κ2) is 5.97. The molecule has 0 saturated heterocycles. The molecule has 2 aromatic rings. The molecule has 0 bridgehead atoms. The predicted molar refractivity (Wildman–Crippen MR) is 85.1 cm³/mol. The highest BCUT2D eigenvalue weighted by Crippen LogP contribution is 2.39. The molecule has 2 heterocycles. The number of halogens is 1. The van der Waals surface area contributed by atoms with Crippen LogP contribution < -0.4 is 14.8 Å². The maximum absolute atomic E-state index is 5.63. The standard InChI is InChI=1S/C15H18BrN3O2/c1-3-19-9-11(8-17-19)10(2)18-13-7-15-14(6-12(13)16)20-4-5-21-15/h6-10,18H,3-5H2,1-2H3. The molecule has 1 aromatic carbocycles. The molecule has 6 heteroatoms. The first-order chi connectivity index (χ1) is 10.2. The molecule has 0 fully saturated rings. The third kappa shape index (κ3) is 3.00. The largest absolute Gasteiger partial charge is 0.486 e. The zero-order chi connectivity index (χ0) is 14.8. The van der Waals surface area contributed by atoms with Crippen molar-refractivity contribution in [1.82, 2.24) is 9.78 Å². The van der Waals surface area contributed by atoms with E-state index in [2.05, 4.69) is 46.4 Å². The summed E-state index contributed by atoms with van der Waals surface area (Å²) in [4.78, 5) is 0. The van der Waals surface area contributed by atoms with Crippen LogP contribution in [0.2, 0.25) is 0 Å². The predicted octanol–water partition coefficient (Wildman–Crippen LogP) is 3.61. The van der Waals surface area contributed by atoms with Crippen LogP contribution in [0, 0.1) is 0 Å². The number of ether oxygens (including phenoxy) is 2. The molecule has 0 saturated carbocycles. The van der Waals surface area contributed by atoms with Gasteiger partial charge in [-0.25, -0.2) is 0 Å². The molecule has 1 atom stereocenters. The number of aromatic nitrogens is 2. The van der Waals surface area contributed by atoms with E-state index in [0.29, 0.717) is 13.2 Å². The molecular weight excluding hydrogens is 334 g/mol. The van der Waals surface area contributed by atoms with Crippen molar-refractivity contribution in [3.05, 3.63) is 34.6 Å². The molecule has 3 rings (SSSR count). The van der Waals surface area contributed by atoms with E-state index >= 15 is 0 Å². The van der Waals surface area contributed by atoms with Crippen molar-refractivity contribution in [3.63, 3.8) is 0 Å². The Hall–Kier alpha value is -1.69. The Morgan fingerprint density at radius 1 is 1.33 bits per heavy atom. The highest BCUT2D eigenvalue weighted by atomic mass is 79.9. The highest BCUT2D eigenvalue weighted by Gasteiger charge is 2.16. The molecule has 112 valence electrons. The van der Waals surface area contributed by atoms with Crippen molar-refractivity contribution in [2.45, 2.75) is 26.4 Å². The van der Waals surface area contributed by atoms with Gasteiger partial charge < -0.3 is 14.8 Å². The summed E-state index contributed by atoms with van der Waals surface area (Å²) < 4.78 is 14.1. The van der Waals surface area contributed by atoms with E-state index in [1.807, 2.05) is 23.0 Å². The zero-order valence-corrected chi connectivity index (χ0v) is 13.7. The van der Waals surface area contributed by atoms with Crippen LogP contribution in [0.4, 0.5) is 5.69 Å². The molecule has 1 aliphatic rings. The Morgan fingerprint density at radius 2 is 2.05 bits per heavy atom. The molecule has 1 aliphatic heterocycles. The fraction of sp³-hybridized carbons (Fsp3) is 0.400. The second-order valence-corrected chi connectivity index (χ2v) is 5.83. The minimum Gasteiger partial charge on any atom is -0.486 e. The SMILES string of the molecule is CCn1cc(C(C)Nc2cc3c(cc2Br)OCCO3)cn1. The summed E-state index contributed by atoms with van der Waals surface area (Å²) in [5.41, 5.74) is 2.13. The number of anilines is 1. The van der Waals surface area contributed by atoms with Crippen molar-refractivity contribution < 1.29 is 9.47 Å². The first-order valence-corrected chi connectivity index (χ1v) is 7.84. The van der Waals surface area contributed by atoms with Gasteiger partial charge >= 0.3 is 0 Å².